The van der Waals surface area contributed by atoms with Crippen molar-refractivity contribution in [2.75, 3.05) is 19.6 Å². The lowest BCUT2D eigenvalue weighted by atomic mass is 10.1. The zero-order valence-electron chi connectivity index (χ0n) is 12.5. The maximum absolute atomic E-state index is 12.4. The first kappa shape index (κ1) is 16.0. The molecule has 5 nitrogen and oxygen atoms in total. The van der Waals surface area contributed by atoms with Crippen molar-refractivity contribution in [1.82, 2.24) is 9.80 Å². The summed E-state index contributed by atoms with van der Waals surface area (Å²) in [6.07, 6.45) is 1.73. The van der Waals surface area contributed by atoms with E-state index in [1.165, 1.54) is 10.4 Å². The highest BCUT2D eigenvalue weighted by Crippen LogP contribution is 2.24. The van der Waals surface area contributed by atoms with Crippen LogP contribution in [0.15, 0.2) is 11.4 Å². The normalized spacial score (nSPS) is 15.9. The average Bonchev–Trinajstić information content (AvgIpc) is 2.92. The van der Waals surface area contributed by atoms with Crippen molar-refractivity contribution < 1.29 is 14.7 Å². The summed E-state index contributed by atoms with van der Waals surface area (Å²) in [6, 6.07) is 2.16. The van der Waals surface area contributed by atoms with Crippen molar-refractivity contribution in [2.45, 2.75) is 39.3 Å². The molecule has 1 aliphatic heterocycles. The van der Waals surface area contributed by atoms with E-state index in [4.69, 9.17) is 5.11 Å². The largest absolute Gasteiger partial charge is 0.480 e. The van der Waals surface area contributed by atoms with Gasteiger partial charge < -0.3 is 10.0 Å². The number of carboxylic acids is 1. The van der Waals surface area contributed by atoms with Crippen LogP contribution < -0.4 is 0 Å². The van der Waals surface area contributed by atoms with E-state index < -0.39 is 5.97 Å². The van der Waals surface area contributed by atoms with Crippen LogP contribution >= 0.6 is 11.3 Å². The lowest BCUT2D eigenvalue weighted by Gasteiger charge is -2.31. The van der Waals surface area contributed by atoms with E-state index in [0.717, 1.165) is 19.4 Å². The van der Waals surface area contributed by atoms with Gasteiger partial charge in [0.1, 0.15) is 0 Å². The van der Waals surface area contributed by atoms with E-state index in [1.54, 1.807) is 16.2 Å². The first-order valence-corrected chi connectivity index (χ1v) is 8.18. The second kappa shape index (κ2) is 7.04. The monoisotopic (exact) mass is 310 g/mol. The SMILES string of the molecule is CCC(C)N(CC(=O)O)CC(=O)N1CCc2sccc2C1. The third-order valence-corrected chi connectivity index (χ3v) is 5.07. The van der Waals surface area contributed by atoms with E-state index >= 15 is 0 Å². The summed E-state index contributed by atoms with van der Waals surface area (Å²) in [5.74, 6) is -0.865. The molecule has 116 valence electrons. The standard InChI is InChI=1S/C15H22N2O3S/c1-3-11(2)17(10-15(19)20)9-14(18)16-6-4-13-12(8-16)5-7-21-13/h5,7,11H,3-4,6,8-10H2,1-2H3,(H,19,20). The topological polar surface area (TPSA) is 60.9 Å². The van der Waals surface area contributed by atoms with Crippen LogP contribution in [0.3, 0.4) is 0 Å². The van der Waals surface area contributed by atoms with Gasteiger partial charge in [0.05, 0.1) is 13.1 Å². The average molecular weight is 310 g/mol. The zero-order valence-corrected chi connectivity index (χ0v) is 13.4. The highest BCUT2D eigenvalue weighted by atomic mass is 32.1. The molecule has 1 atom stereocenters. The Kier molecular flexibility index (Phi) is 5.36. The second-order valence-electron chi connectivity index (χ2n) is 5.49. The minimum atomic E-state index is -0.887. The van der Waals surface area contributed by atoms with Gasteiger partial charge in [-0.2, -0.15) is 0 Å². The molecule has 0 saturated carbocycles. The summed E-state index contributed by atoms with van der Waals surface area (Å²) in [6.45, 7) is 5.44. The molecule has 1 aromatic rings. The molecule has 1 amide bonds. The number of fused-ring (bicyclic) bond motifs is 1. The first-order chi connectivity index (χ1) is 10.0. The van der Waals surface area contributed by atoms with Crippen molar-refractivity contribution in [3.8, 4) is 0 Å². The molecule has 1 unspecified atom stereocenters. The summed E-state index contributed by atoms with van der Waals surface area (Å²) >= 11 is 1.74. The maximum atomic E-state index is 12.4. The molecule has 0 aromatic carbocycles. The number of carboxylic acid groups (broad SMARTS) is 1. The molecule has 0 radical (unpaired) electrons. The smallest absolute Gasteiger partial charge is 0.317 e. The van der Waals surface area contributed by atoms with Crippen LogP contribution in [0.1, 0.15) is 30.7 Å². The fourth-order valence-corrected chi connectivity index (χ4v) is 3.42. The number of carbonyl (C=O) groups excluding carboxylic acids is 1. The van der Waals surface area contributed by atoms with Crippen molar-refractivity contribution in [1.29, 1.82) is 0 Å². The first-order valence-electron chi connectivity index (χ1n) is 7.30. The van der Waals surface area contributed by atoms with Crippen molar-refractivity contribution >= 4 is 23.2 Å². The Morgan fingerprint density at radius 2 is 2.24 bits per heavy atom. The van der Waals surface area contributed by atoms with E-state index in [1.807, 2.05) is 18.7 Å². The molecule has 2 rings (SSSR count). The minimum Gasteiger partial charge on any atom is -0.480 e. The number of rotatable bonds is 6. The van der Waals surface area contributed by atoms with Gasteiger partial charge in [-0.1, -0.05) is 6.92 Å². The Morgan fingerprint density at radius 1 is 1.48 bits per heavy atom. The highest BCUT2D eigenvalue weighted by molar-refractivity contribution is 7.10. The van der Waals surface area contributed by atoms with E-state index in [9.17, 15) is 9.59 Å². The Balaban J connectivity index is 1.97. The van der Waals surface area contributed by atoms with Gasteiger partial charge in [-0.15, -0.1) is 11.3 Å². The highest BCUT2D eigenvalue weighted by Gasteiger charge is 2.25. The molecule has 1 aromatic heterocycles. The molecular formula is C15H22N2O3S. The van der Waals surface area contributed by atoms with Crippen LogP contribution in [0, 0.1) is 0 Å². The van der Waals surface area contributed by atoms with Crippen molar-refractivity contribution in [3.63, 3.8) is 0 Å². The van der Waals surface area contributed by atoms with Gasteiger partial charge in [0.2, 0.25) is 5.91 Å². The summed E-state index contributed by atoms with van der Waals surface area (Å²) in [5, 5.41) is 11.1. The molecule has 6 heteroatoms. The van der Waals surface area contributed by atoms with E-state index in [0.29, 0.717) is 6.54 Å². The fourth-order valence-electron chi connectivity index (χ4n) is 2.53. The lowest BCUT2D eigenvalue weighted by Crippen LogP contribution is -2.46. The molecular weight excluding hydrogens is 288 g/mol. The molecule has 0 saturated heterocycles. The number of carbonyl (C=O) groups is 2. The van der Waals surface area contributed by atoms with Gasteiger partial charge in [-0.25, -0.2) is 0 Å². The van der Waals surface area contributed by atoms with Crippen LogP contribution in [-0.4, -0.2) is 52.5 Å². The molecule has 2 heterocycles. The molecule has 0 aliphatic carbocycles. The van der Waals surface area contributed by atoms with Crippen LogP contribution in [0.5, 0.6) is 0 Å². The van der Waals surface area contributed by atoms with Gasteiger partial charge in [0, 0.05) is 24.0 Å². The predicted octanol–water partition coefficient (Wildman–Crippen LogP) is 1.82. The van der Waals surface area contributed by atoms with Crippen molar-refractivity contribution in [2.24, 2.45) is 0 Å². The maximum Gasteiger partial charge on any atom is 0.317 e. The third kappa shape index (κ3) is 4.04. The lowest BCUT2D eigenvalue weighted by molar-refractivity contribution is -0.140. The third-order valence-electron chi connectivity index (χ3n) is 4.05. The van der Waals surface area contributed by atoms with E-state index in [-0.39, 0.29) is 25.0 Å². The Bertz CT molecular complexity index is 515. The van der Waals surface area contributed by atoms with Crippen LogP contribution in [0.4, 0.5) is 0 Å². The zero-order chi connectivity index (χ0) is 15.4. The summed E-state index contributed by atoms with van der Waals surface area (Å²) in [5.41, 5.74) is 1.23. The van der Waals surface area contributed by atoms with Gasteiger partial charge in [-0.05, 0) is 36.8 Å². The predicted molar refractivity (Wildman–Crippen MR) is 82.4 cm³/mol. The number of hydrogen-bond donors (Lipinski definition) is 1. The number of aliphatic carboxylic acids is 1. The molecule has 1 N–H and O–H groups in total. The number of thiophene rings is 1. The van der Waals surface area contributed by atoms with Gasteiger partial charge in [0.15, 0.2) is 0 Å². The summed E-state index contributed by atoms with van der Waals surface area (Å²) < 4.78 is 0. The summed E-state index contributed by atoms with van der Waals surface area (Å²) in [4.78, 5) is 28.3. The van der Waals surface area contributed by atoms with Gasteiger partial charge in [-0.3, -0.25) is 14.5 Å². The molecule has 21 heavy (non-hydrogen) atoms. The quantitative estimate of drug-likeness (QED) is 0.870. The van der Waals surface area contributed by atoms with Crippen LogP contribution in [0.25, 0.3) is 0 Å². The van der Waals surface area contributed by atoms with Gasteiger partial charge in [0.25, 0.3) is 0 Å². The number of nitrogens with zero attached hydrogens (tertiary/aromatic N) is 2. The molecule has 0 spiro atoms. The second-order valence-corrected chi connectivity index (χ2v) is 6.49. The van der Waals surface area contributed by atoms with Crippen LogP contribution in [0.2, 0.25) is 0 Å². The fraction of sp³-hybridized carbons (Fsp3) is 0.600. The number of hydrogen-bond acceptors (Lipinski definition) is 4. The molecule has 0 bridgehead atoms. The Hall–Kier alpha value is -1.40. The molecule has 1 aliphatic rings. The minimum absolute atomic E-state index is 0.0217. The van der Waals surface area contributed by atoms with E-state index in [2.05, 4.69) is 11.4 Å². The van der Waals surface area contributed by atoms with Crippen molar-refractivity contribution in [3.05, 3.63) is 21.9 Å². The molecule has 0 fully saturated rings. The Morgan fingerprint density at radius 3 is 2.90 bits per heavy atom. The Labute approximate surface area is 129 Å². The van der Waals surface area contributed by atoms with Crippen LogP contribution in [-0.2, 0) is 22.6 Å². The number of amides is 1. The summed E-state index contributed by atoms with van der Waals surface area (Å²) in [7, 11) is 0. The van der Waals surface area contributed by atoms with Gasteiger partial charge >= 0.3 is 5.97 Å².